The molecule has 0 saturated carbocycles. The van der Waals surface area contributed by atoms with Gasteiger partial charge in [0.05, 0.1) is 30.5 Å². The highest BCUT2D eigenvalue weighted by Crippen LogP contribution is 2.31. The molecule has 0 fully saturated rings. The zero-order chi connectivity index (χ0) is 20.1. The van der Waals surface area contributed by atoms with Crippen LogP contribution < -0.4 is 14.8 Å². The smallest absolute Gasteiger partial charge is 0.234 e. The molecule has 1 amide bonds. The fraction of sp³-hybridized carbons (Fsp3) is 0.316. The van der Waals surface area contributed by atoms with Gasteiger partial charge in [-0.1, -0.05) is 17.8 Å². The van der Waals surface area contributed by atoms with Crippen molar-refractivity contribution >= 4 is 34.7 Å². The third-order valence-corrected chi connectivity index (χ3v) is 5.75. The van der Waals surface area contributed by atoms with E-state index in [1.807, 2.05) is 17.5 Å². The van der Waals surface area contributed by atoms with Crippen LogP contribution >= 0.6 is 23.1 Å². The van der Waals surface area contributed by atoms with E-state index in [4.69, 9.17) is 9.47 Å². The van der Waals surface area contributed by atoms with E-state index in [-0.39, 0.29) is 17.7 Å². The fourth-order valence-corrected chi connectivity index (χ4v) is 4.21. The Labute approximate surface area is 172 Å². The Morgan fingerprint density at radius 2 is 2.07 bits per heavy atom. The van der Waals surface area contributed by atoms with Crippen molar-refractivity contribution in [3.05, 3.63) is 35.7 Å². The minimum atomic E-state index is -0.149. The Morgan fingerprint density at radius 3 is 2.71 bits per heavy atom. The average Bonchev–Trinajstić information content (AvgIpc) is 3.36. The number of amides is 1. The predicted molar refractivity (Wildman–Crippen MR) is 113 cm³/mol. The van der Waals surface area contributed by atoms with E-state index < -0.39 is 0 Å². The standard InChI is InChI=1S/C19H22N4O3S2/c1-12(2)23-18(16-6-5-9-27-16)21-22-19(23)28-11-17(24)20-14-8-7-13(25-3)10-15(14)26-4/h5-10,12H,11H2,1-4H3,(H,20,24). The van der Waals surface area contributed by atoms with E-state index in [1.54, 1.807) is 43.8 Å². The number of methoxy groups -OCH3 is 2. The molecule has 7 nitrogen and oxygen atoms in total. The van der Waals surface area contributed by atoms with Crippen LogP contribution in [-0.4, -0.2) is 40.6 Å². The minimum absolute atomic E-state index is 0.149. The Hall–Kier alpha value is -2.52. The molecule has 148 valence electrons. The topological polar surface area (TPSA) is 78.3 Å². The van der Waals surface area contributed by atoms with Crippen LogP contribution in [-0.2, 0) is 4.79 Å². The summed E-state index contributed by atoms with van der Waals surface area (Å²) in [5.41, 5.74) is 0.596. The number of nitrogens with one attached hydrogen (secondary N) is 1. The number of thiophene rings is 1. The summed E-state index contributed by atoms with van der Waals surface area (Å²) in [5, 5.41) is 14.2. The number of hydrogen-bond acceptors (Lipinski definition) is 7. The maximum atomic E-state index is 12.5. The molecule has 2 aromatic heterocycles. The molecule has 1 N–H and O–H groups in total. The van der Waals surface area contributed by atoms with Crippen molar-refractivity contribution in [3.63, 3.8) is 0 Å². The molecule has 0 unspecified atom stereocenters. The molecule has 9 heteroatoms. The maximum Gasteiger partial charge on any atom is 0.234 e. The molecular formula is C19H22N4O3S2. The molecule has 0 spiro atoms. The molecule has 28 heavy (non-hydrogen) atoms. The van der Waals surface area contributed by atoms with Gasteiger partial charge in [0.1, 0.15) is 11.5 Å². The van der Waals surface area contributed by atoms with E-state index in [0.717, 1.165) is 15.9 Å². The highest BCUT2D eigenvalue weighted by Gasteiger charge is 2.18. The summed E-state index contributed by atoms with van der Waals surface area (Å²) in [4.78, 5) is 13.5. The Kier molecular flexibility index (Phi) is 6.58. The van der Waals surface area contributed by atoms with E-state index in [2.05, 4.69) is 33.9 Å². The van der Waals surface area contributed by atoms with Crippen LogP contribution in [0.25, 0.3) is 10.7 Å². The largest absolute Gasteiger partial charge is 0.497 e. The van der Waals surface area contributed by atoms with Crippen LogP contribution in [0.3, 0.4) is 0 Å². The van der Waals surface area contributed by atoms with Gasteiger partial charge in [0.25, 0.3) is 0 Å². The third-order valence-electron chi connectivity index (χ3n) is 3.94. The lowest BCUT2D eigenvalue weighted by Crippen LogP contribution is -2.15. The number of ether oxygens (including phenoxy) is 2. The second kappa shape index (κ2) is 9.11. The second-order valence-corrected chi connectivity index (χ2v) is 8.04. The van der Waals surface area contributed by atoms with E-state index in [1.165, 1.54) is 11.8 Å². The number of thioether (sulfide) groups is 1. The third kappa shape index (κ3) is 4.48. The number of rotatable bonds is 8. The number of hydrogen-bond donors (Lipinski definition) is 1. The number of nitrogens with zero attached hydrogens (tertiary/aromatic N) is 3. The first-order chi connectivity index (χ1) is 13.5. The first-order valence-corrected chi connectivity index (χ1v) is 10.5. The second-order valence-electron chi connectivity index (χ2n) is 6.15. The number of anilines is 1. The van der Waals surface area contributed by atoms with Gasteiger partial charge in [0, 0.05) is 12.1 Å². The number of aromatic nitrogens is 3. The highest BCUT2D eigenvalue weighted by molar-refractivity contribution is 7.99. The first-order valence-electron chi connectivity index (χ1n) is 8.67. The number of carbonyl (C=O) groups excluding carboxylic acids is 1. The van der Waals surface area contributed by atoms with Crippen LogP contribution in [0.4, 0.5) is 5.69 Å². The zero-order valence-electron chi connectivity index (χ0n) is 16.1. The van der Waals surface area contributed by atoms with Crippen molar-refractivity contribution in [2.24, 2.45) is 0 Å². The molecule has 0 radical (unpaired) electrons. The first kappa shape index (κ1) is 20.2. The van der Waals surface area contributed by atoms with Gasteiger partial charge in [-0.2, -0.15) is 0 Å². The lowest BCUT2D eigenvalue weighted by atomic mass is 10.2. The van der Waals surface area contributed by atoms with Gasteiger partial charge in [-0.05, 0) is 37.4 Å². The number of carbonyl (C=O) groups is 1. The summed E-state index contributed by atoms with van der Waals surface area (Å²) in [5.74, 6) is 2.09. The van der Waals surface area contributed by atoms with Crippen LogP contribution in [0.2, 0.25) is 0 Å². The monoisotopic (exact) mass is 418 g/mol. The van der Waals surface area contributed by atoms with Crippen molar-refractivity contribution in [2.45, 2.75) is 25.0 Å². The molecule has 2 heterocycles. The molecule has 0 bridgehead atoms. The fourth-order valence-electron chi connectivity index (χ4n) is 2.63. The van der Waals surface area contributed by atoms with Gasteiger partial charge in [0.15, 0.2) is 11.0 Å². The van der Waals surface area contributed by atoms with Crippen LogP contribution in [0.1, 0.15) is 19.9 Å². The van der Waals surface area contributed by atoms with Crippen molar-refractivity contribution < 1.29 is 14.3 Å². The van der Waals surface area contributed by atoms with Gasteiger partial charge in [0.2, 0.25) is 5.91 Å². The summed E-state index contributed by atoms with van der Waals surface area (Å²) in [7, 11) is 3.13. The molecule has 0 aliphatic rings. The molecule has 3 aromatic rings. The molecule has 0 aliphatic heterocycles. The average molecular weight is 419 g/mol. The Morgan fingerprint density at radius 1 is 1.25 bits per heavy atom. The zero-order valence-corrected chi connectivity index (χ0v) is 17.8. The summed E-state index contributed by atoms with van der Waals surface area (Å²) < 4.78 is 12.5. The van der Waals surface area contributed by atoms with E-state index in [9.17, 15) is 4.79 Å². The van der Waals surface area contributed by atoms with Crippen molar-refractivity contribution in [1.29, 1.82) is 0 Å². The molecule has 0 aliphatic carbocycles. The van der Waals surface area contributed by atoms with Crippen LogP contribution in [0.5, 0.6) is 11.5 Å². The van der Waals surface area contributed by atoms with Gasteiger partial charge < -0.3 is 14.8 Å². The Bertz CT molecular complexity index is 939. The van der Waals surface area contributed by atoms with Crippen molar-refractivity contribution in [2.75, 3.05) is 25.3 Å². The number of benzene rings is 1. The summed E-state index contributed by atoms with van der Waals surface area (Å²) >= 11 is 2.98. The van der Waals surface area contributed by atoms with Gasteiger partial charge in [-0.3, -0.25) is 9.36 Å². The van der Waals surface area contributed by atoms with Gasteiger partial charge in [-0.25, -0.2) is 0 Å². The van der Waals surface area contributed by atoms with Crippen LogP contribution in [0.15, 0.2) is 40.9 Å². The van der Waals surface area contributed by atoms with Crippen molar-refractivity contribution in [1.82, 2.24) is 14.8 Å². The minimum Gasteiger partial charge on any atom is -0.497 e. The SMILES string of the molecule is COc1ccc(NC(=O)CSc2nnc(-c3cccs3)n2C(C)C)c(OC)c1. The normalized spacial score (nSPS) is 10.9. The summed E-state index contributed by atoms with van der Waals surface area (Å²) in [6.07, 6.45) is 0. The lowest BCUT2D eigenvalue weighted by molar-refractivity contribution is -0.113. The Balaban J connectivity index is 1.70. The molecule has 3 rings (SSSR count). The molecule has 0 saturated heterocycles. The molecular weight excluding hydrogens is 396 g/mol. The molecule has 1 aromatic carbocycles. The summed E-state index contributed by atoms with van der Waals surface area (Å²) in [6, 6.07) is 9.44. The lowest BCUT2D eigenvalue weighted by Gasteiger charge is -2.13. The highest BCUT2D eigenvalue weighted by atomic mass is 32.2. The van der Waals surface area contributed by atoms with E-state index in [0.29, 0.717) is 17.2 Å². The van der Waals surface area contributed by atoms with Gasteiger partial charge in [-0.15, -0.1) is 21.5 Å². The van der Waals surface area contributed by atoms with Crippen molar-refractivity contribution in [3.8, 4) is 22.2 Å². The quantitative estimate of drug-likeness (QED) is 0.549. The van der Waals surface area contributed by atoms with E-state index >= 15 is 0 Å². The summed E-state index contributed by atoms with van der Waals surface area (Å²) in [6.45, 7) is 4.15. The van der Waals surface area contributed by atoms with Gasteiger partial charge >= 0.3 is 0 Å². The maximum absolute atomic E-state index is 12.5. The van der Waals surface area contributed by atoms with Crippen LogP contribution in [0, 0.1) is 0 Å². The predicted octanol–water partition coefficient (Wildman–Crippen LogP) is 4.34. The molecule has 0 atom stereocenters.